The van der Waals surface area contributed by atoms with Gasteiger partial charge in [0.1, 0.15) is 0 Å². The highest BCUT2D eigenvalue weighted by Crippen LogP contribution is 2.02. The summed E-state index contributed by atoms with van der Waals surface area (Å²) in [6.45, 7) is 6.95. The topological polar surface area (TPSA) is 54.0 Å². The van der Waals surface area contributed by atoms with Gasteiger partial charge in [0, 0.05) is 6.20 Å². The maximum Gasteiger partial charge on any atom is 0.240 e. The van der Waals surface area contributed by atoms with Crippen LogP contribution in [0.25, 0.3) is 0 Å². The van der Waals surface area contributed by atoms with Crippen LogP contribution in [0.3, 0.4) is 0 Å². The van der Waals surface area contributed by atoms with Crippen molar-refractivity contribution in [3.05, 3.63) is 30.1 Å². The normalized spacial score (nSPS) is 11.2. The van der Waals surface area contributed by atoms with Gasteiger partial charge in [0.25, 0.3) is 0 Å². The van der Waals surface area contributed by atoms with Crippen LogP contribution < -0.4 is 10.6 Å². The number of rotatable bonds is 5. The highest BCUT2D eigenvalue weighted by Gasteiger charge is 2.25. The van der Waals surface area contributed by atoms with E-state index in [1.165, 1.54) is 0 Å². The Hall–Kier alpha value is -1.42. The van der Waals surface area contributed by atoms with E-state index in [2.05, 4.69) is 15.6 Å². The quantitative estimate of drug-likeness (QED) is 0.782. The Kier molecular flexibility index (Phi) is 4.43. The Morgan fingerprint density at radius 2 is 2.19 bits per heavy atom. The van der Waals surface area contributed by atoms with Crippen LogP contribution in [0, 0.1) is 0 Å². The number of carbonyl (C=O) groups is 1. The van der Waals surface area contributed by atoms with Crippen molar-refractivity contribution in [1.29, 1.82) is 0 Å². The molecule has 0 aromatic carbocycles. The molecule has 1 amide bonds. The Bertz CT molecular complexity index is 335. The minimum atomic E-state index is -0.538. The van der Waals surface area contributed by atoms with Crippen molar-refractivity contribution >= 4 is 5.91 Å². The molecule has 0 radical (unpaired) electrons. The van der Waals surface area contributed by atoms with Gasteiger partial charge >= 0.3 is 0 Å². The predicted molar refractivity (Wildman–Crippen MR) is 63.8 cm³/mol. The number of nitrogens with one attached hydrogen (secondary N) is 2. The molecule has 4 nitrogen and oxygen atoms in total. The first-order valence-corrected chi connectivity index (χ1v) is 5.49. The predicted octanol–water partition coefficient (Wildman–Crippen LogP) is 1.09. The Morgan fingerprint density at radius 1 is 1.44 bits per heavy atom. The van der Waals surface area contributed by atoms with E-state index in [-0.39, 0.29) is 5.91 Å². The molecule has 0 saturated heterocycles. The molecule has 4 heteroatoms. The Morgan fingerprint density at radius 3 is 2.75 bits per heavy atom. The summed E-state index contributed by atoms with van der Waals surface area (Å²) in [7, 11) is 0. The molecule has 0 aliphatic carbocycles. The van der Waals surface area contributed by atoms with E-state index < -0.39 is 5.54 Å². The lowest BCUT2D eigenvalue weighted by molar-refractivity contribution is -0.126. The highest BCUT2D eigenvalue weighted by molar-refractivity contribution is 5.85. The molecule has 0 bridgehead atoms. The van der Waals surface area contributed by atoms with Crippen molar-refractivity contribution in [3.8, 4) is 0 Å². The average molecular weight is 221 g/mol. The molecule has 2 N–H and O–H groups in total. The van der Waals surface area contributed by atoms with Gasteiger partial charge in [-0.15, -0.1) is 0 Å². The number of amides is 1. The molecule has 0 fully saturated rings. The van der Waals surface area contributed by atoms with Crippen LogP contribution in [0.1, 0.15) is 26.5 Å². The molecule has 0 spiro atoms. The van der Waals surface area contributed by atoms with E-state index >= 15 is 0 Å². The summed E-state index contributed by atoms with van der Waals surface area (Å²) in [4.78, 5) is 16.0. The van der Waals surface area contributed by atoms with Gasteiger partial charge in [-0.25, -0.2) is 0 Å². The lowest BCUT2D eigenvalue weighted by atomic mass is 10.0. The van der Waals surface area contributed by atoms with Gasteiger partial charge in [-0.2, -0.15) is 0 Å². The summed E-state index contributed by atoms with van der Waals surface area (Å²) in [6.07, 6.45) is 1.72. The van der Waals surface area contributed by atoms with Gasteiger partial charge in [-0.1, -0.05) is 13.0 Å². The first kappa shape index (κ1) is 12.6. The number of hydrogen-bond acceptors (Lipinski definition) is 3. The lowest BCUT2D eigenvalue weighted by Crippen LogP contribution is -2.52. The minimum Gasteiger partial charge on any atom is -0.349 e. The van der Waals surface area contributed by atoms with Crippen molar-refractivity contribution in [2.45, 2.75) is 32.9 Å². The largest absolute Gasteiger partial charge is 0.349 e. The molecular weight excluding hydrogens is 202 g/mol. The number of aromatic nitrogens is 1. The molecule has 0 aliphatic rings. The molecule has 0 atom stereocenters. The van der Waals surface area contributed by atoms with Crippen molar-refractivity contribution in [3.63, 3.8) is 0 Å². The van der Waals surface area contributed by atoms with Gasteiger partial charge in [0.05, 0.1) is 17.8 Å². The molecule has 88 valence electrons. The molecule has 0 saturated carbocycles. The third-order valence-electron chi connectivity index (χ3n) is 2.34. The van der Waals surface area contributed by atoms with Gasteiger partial charge in [0.2, 0.25) is 5.91 Å². The fourth-order valence-electron chi connectivity index (χ4n) is 1.42. The van der Waals surface area contributed by atoms with Crippen LogP contribution in [0.15, 0.2) is 24.4 Å². The van der Waals surface area contributed by atoms with E-state index in [1.807, 2.05) is 39.0 Å². The van der Waals surface area contributed by atoms with E-state index in [0.717, 1.165) is 12.2 Å². The van der Waals surface area contributed by atoms with Crippen LogP contribution >= 0.6 is 0 Å². The zero-order valence-corrected chi connectivity index (χ0v) is 10.1. The van der Waals surface area contributed by atoms with Crippen molar-refractivity contribution in [2.75, 3.05) is 6.54 Å². The molecule has 1 aromatic rings. The molecule has 16 heavy (non-hydrogen) atoms. The van der Waals surface area contributed by atoms with Crippen LogP contribution in [0.4, 0.5) is 0 Å². The second-order valence-electron chi connectivity index (χ2n) is 4.16. The van der Waals surface area contributed by atoms with Crippen molar-refractivity contribution < 1.29 is 4.79 Å². The van der Waals surface area contributed by atoms with Gasteiger partial charge in [-0.05, 0) is 32.5 Å². The van der Waals surface area contributed by atoms with E-state index in [4.69, 9.17) is 0 Å². The monoisotopic (exact) mass is 221 g/mol. The van der Waals surface area contributed by atoms with Gasteiger partial charge < -0.3 is 10.6 Å². The number of nitrogens with zero attached hydrogens (tertiary/aromatic N) is 1. The summed E-state index contributed by atoms with van der Waals surface area (Å²) in [5.74, 6) is -0.0139. The standard InChI is InChI=1S/C12H19N3O/c1-4-15-12(2,3)11(16)14-9-10-7-5-6-8-13-10/h5-8,15H,4,9H2,1-3H3,(H,14,16). The third-order valence-corrected chi connectivity index (χ3v) is 2.34. The van der Waals surface area contributed by atoms with Crippen LogP contribution in [0.5, 0.6) is 0 Å². The first-order chi connectivity index (χ1) is 7.56. The maximum atomic E-state index is 11.8. The van der Waals surface area contributed by atoms with E-state index in [1.54, 1.807) is 6.20 Å². The smallest absolute Gasteiger partial charge is 0.240 e. The van der Waals surface area contributed by atoms with Crippen molar-refractivity contribution in [1.82, 2.24) is 15.6 Å². The minimum absolute atomic E-state index is 0.0139. The number of hydrogen-bond donors (Lipinski definition) is 2. The van der Waals surface area contributed by atoms with Crippen LogP contribution in [-0.4, -0.2) is 23.0 Å². The molecule has 1 aromatic heterocycles. The Balaban J connectivity index is 2.47. The molecule has 1 heterocycles. The zero-order chi connectivity index (χ0) is 12.0. The fraction of sp³-hybridized carbons (Fsp3) is 0.500. The molecule has 0 unspecified atom stereocenters. The van der Waals surface area contributed by atoms with Crippen LogP contribution in [-0.2, 0) is 11.3 Å². The zero-order valence-electron chi connectivity index (χ0n) is 10.1. The second kappa shape index (κ2) is 5.61. The summed E-state index contributed by atoms with van der Waals surface area (Å²) in [5, 5.41) is 5.99. The Labute approximate surface area is 96.5 Å². The number of carbonyl (C=O) groups excluding carboxylic acids is 1. The summed E-state index contributed by atoms with van der Waals surface area (Å²) in [6, 6.07) is 5.65. The van der Waals surface area contributed by atoms with Crippen LogP contribution in [0.2, 0.25) is 0 Å². The SMILES string of the molecule is CCNC(C)(C)C(=O)NCc1ccccn1. The molecule has 1 rings (SSSR count). The first-order valence-electron chi connectivity index (χ1n) is 5.49. The molecular formula is C12H19N3O. The number of pyridine rings is 1. The van der Waals surface area contributed by atoms with Gasteiger partial charge in [0.15, 0.2) is 0 Å². The average Bonchev–Trinajstić information content (AvgIpc) is 2.27. The fourth-order valence-corrected chi connectivity index (χ4v) is 1.42. The summed E-state index contributed by atoms with van der Waals surface area (Å²) < 4.78 is 0. The third kappa shape index (κ3) is 3.62. The number of likely N-dealkylation sites (N-methyl/N-ethyl adjacent to an activating group) is 1. The van der Waals surface area contributed by atoms with E-state index in [9.17, 15) is 4.79 Å². The molecule has 0 aliphatic heterocycles. The maximum absolute atomic E-state index is 11.8. The summed E-state index contributed by atoms with van der Waals surface area (Å²) in [5.41, 5.74) is 0.326. The van der Waals surface area contributed by atoms with Gasteiger partial charge in [-0.3, -0.25) is 9.78 Å². The van der Waals surface area contributed by atoms with E-state index in [0.29, 0.717) is 6.54 Å². The lowest BCUT2D eigenvalue weighted by Gasteiger charge is -2.24. The second-order valence-corrected chi connectivity index (χ2v) is 4.16. The highest BCUT2D eigenvalue weighted by atomic mass is 16.2. The summed E-state index contributed by atoms with van der Waals surface area (Å²) >= 11 is 0. The van der Waals surface area contributed by atoms with Crippen molar-refractivity contribution in [2.24, 2.45) is 0 Å².